The molecule has 2 aromatic heterocycles. The highest BCUT2D eigenvalue weighted by Gasteiger charge is 2.36. The van der Waals surface area contributed by atoms with E-state index >= 15 is 0 Å². The minimum Gasteiger partial charge on any atom is -0.493 e. The van der Waals surface area contributed by atoms with E-state index in [0.717, 1.165) is 27.7 Å². The summed E-state index contributed by atoms with van der Waals surface area (Å²) in [4.78, 5) is 22.8. The number of aromatic amines is 1. The van der Waals surface area contributed by atoms with E-state index in [4.69, 9.17) is 37.4 Å². The van der Waals surface area contributed by atoms with Crippen molar-refractivity contribution >= 4 is 40.2 Å². The van der Waals surface area contributed by atoms with Crippen LogP contribution in [0.3, 0.4) is 0 Å². The molecular weight excluding hydrogens is 553 g/mol. The van der Waals surface area contributed by atoms with Crippen LogP contribution in [0.2, 0.25) is 10.0 Å². The summed E-state index contributed by atoms with van der Waals surface area (Å²) in [5, 5.41) is 6.37. The van der Waals surface area contributed by atoms with Crippen LogP contribution in [0.5, 0.6) is 17.2 Å². The number of carbonyl (C=O) groups excluding carboxylic acids is 1. The quantitative estimate of drug-likeness (QED) is 0.244. The normalized spacial score (nSPS) is 14.7. The van der Waals surface area contributed by atoms with Crippen molar-refractivity contribution in [3.63, 3.8) is 0 Å². The molecule has 0 spiro atoms. The molecule has 9 nitrogen and oxygen atoms in total. The number of H-pyrrole nitrogens is 1. The van der Waals surface area contributed by atoms with Crippen LogP contribution in [0.1, 0.15) is 22.9 Å². The Morgan fingerprint density at radius 1 is 1.05 bits per heavy atom. The van der Waals surface area contributed by atoms with Crippen molar-refractivity contribution in [2.24, 2.45) is 0 Å². The number of hydrogen-bond acceptors (Lipinski definition) is 6. The van der Waals surface area contributed by atoms with Gasteiger partial charge in [-0.25, -0.2) is 14.5 Å². The lowest BCUT2D eigenvalue weighted by Gasteiger charge is -2.35. The Labute approximate surface area is 240 Å². The number of hydrogen-bond donors (Lipinski definition) is 1. The van der Waals surface area contributed by atoms with Gasteiger partial charge in [0.25, 0.3) is 0 Å². The monoisotopic (exact) mass is 577 g/mol. The lowest BCUT2D eigenvalue weighted by Crippen LogP contribution is -2.42. The highest BCUT2D eigenvalue weighted by atomic mass is 35.5. The van der Waals surface area contributed by atoms with Crippen LogP contribution < -0.4 is 14.2 Å². The van der Waals surface area contributed by atoms with Gasteiger partial charge in [-0.05, 0) is 72.1 Å². The maximum atomic E-state index is 13.6. The number of rotatable bonds is 7. The van der Waals surface area contributed by atoms with Gasteiger partial charge in [-0.2, -0.15) is 5.10 Å². The molecule has 1 amide bonds. The Bertz CT molecular complexity index is 1650. The van der Waals surface area contributed by atoms with Gasteiger partial charge in [0.05, 0.1) is 13.7 Å². The average Bonchev–Trinajstić information content (AvgIpc) is 3.61. The van der Waals surface area contributed by atoms with Gasteiger partial charge in [-0.15, -0.1) is 0 Å². The standard InChI is InChI=1S/C29H25Cl2N5O4/c1-38-25-9-2-18(14-26(25)39-13-12-35-17-32-16-33-35)28-27-22(23-15-20(31)5-8-24(23)34-27)10-11-36(28)29(37)40-21-6-3-19(30)4-7-21/h2-9,14-17,28,34H,10-13H2,1H3. The molecule has 0 saturated heterocycles. The molecule has 6 rings (SSSR count). The Hall–Kier alpha value is -4.21. The molecule has 3 aromatic carbocycles. The smallest absolute Gasteiger partial charge is 0.416 e. The second-order valence-electron chi connectivity index (χ2n) is 9.29. The largest absolute Gasteiger partial charge is 0.493 e. The van der Waals surface area contributed by atoms with Crippen LogP contribution in [0, 0.1) is 0 Å². The first-order chi connectivity index (χ1) is 19.5. The van der Waals surface area contributed by atoms with Gasteiger partial charge in [0, 0.05) is 33.2 Å². The number of halogens is 2. The number of amides is 1. The number of carbonyl (C=O) groups is 1. The second-order valence-corrected chi connectivity index (χ2v) is 10.2. The van der Waals surface area contributed by atoms with Crippen LogP contribution in [0.15, 0.2) is 73.3 Å². The zero-order valence-electron chi connectivity index (χ0n) is 21.5. The third-order valence-electron chi connectivity index (χ3n) is 6.89. The number of benzene rings is 3. The van der Waals surface area contributed by atoms with E-state index in [1.165, 1.54) is 6.33 Å². The summed E-state index contributed by atoms with van der Waals surface area (Å²) in [5.74, 6) is 1.55. The molecule has 0 fully saturated rings. The summed E-state index contributed by atoms with van der Waals surface area (Å²) in [6.45, 7) is 1.31. The molecule has 0 bridgehead atoms. The second kappa shape index (κ2) is 11.1. The van der Waals surface area contributed by atoms with Crippen molar-refractivity contribution in [3.05, 3.63) is 100 Å². The Balaban J connectivity index is 1.38. The lowest BCUT2D eigenvalue weighted by atomic mass is 9.92. The first-order valence-electron chi connectivity index (χ1n) is 12.7. The van der Waals surface area contributed by atoms with Gasteiger partial charge >= 0.3 is 6.09 Å². The molecule has 1 aliphatic heterocycles. The van der Waals surface area contributed by atoms with Crippen LogP contribution in [0.4, 0.5) is 4.79 Å². The highest BCUT2D eigenvalue weighted by molar-refractivity contribution is 6.31. The molecule has 11 heteroatoms. The van der Waals surface area contributed by atoms with Gasteiger partial charge in [-0.1, -0.05) is 29.3 Å². The molecular formula is C29H25Cl2N5O4. The molecule has 1 N–H and O–H groups in total. The van der Waals surface area contributed by atoms with E-state index in [1.54, 1.807) is 47.3 Å². The van der Waals surface area contributed by atoms with E-state index in [-0.39, 0.29) is 0 Å². The molecule has 5 aromatic rings. The van der Waals surface area contributed by atoms with Crippen molar-refractivity contribution in [1.82, 2.24) is 24.6 Å². The number of fused-ring (bicyclic) bond motifs is 3. The Morgan fingerprint density at radius 3 is 2.65 bits per heavy atom. The van der Waals surface area contributed by atoms with E-state index in [9.17, 15) is 4.79 Å². The van der Waals surface area contributed by atoms with Crippen molar-refractivity contribution in [2.75, 3.05) is 20.3 Å². The first-order valence-corrected chi connectivity index (χ1v) is 13.4. The molecule has 204 valence electrons. The molecule has 0 saturated carbocycles. The molecule has 1 aliphatic rings. The highest BCUT2D eigenvalue weighted by Crippen LogP contribution is 2.42. The molecule has 40 heavy (non-hydrogen) atoms. The maximum Gasteiger partial charge on any atom is 0.416 e. The summed E-state index contributed by atoms with van der Waals surface area (Å²) in [5.41, 5.74) is 3.80. The fraction of sp³-hybridized carbons (Fsp3) is 0.207. The van der Waals surface area contributed by atoms with Crippen molar-refractivity contribution in [2.45, 2.75) is 19.0 Å². The maximum absolute atomic E-state index is 13.6. The SMILES string of the molecule is COc1ccc(C2c3[nH]c4ccc(Cl)cc4c3CCN2C(=O)Oc2ccc(Cl)cc2)cc1OCCn1cncn1. The predicted octanol–water partition coefficient (Wildman–Crippen LogP) is 6.30. The number of nitrogens with zero attached hydrogens (tertiary/aromatic N) is 4. The van der Waals surface area contributed by atoms with Crippen LogP contribution in [-0.2, 0) is 13.0 Å². The van der Waals surface area contributed by atoms with E-state index < -0.39 is 12.1 Å². The average molecular weight is 578 g/mol. The fourth-order valence-electron chi connectivity index (χ4n) is 5.04. The number of methoxy groups -OCH3 is 1. The summed E-state index contributed by atoms with van der Waals surface area (Å²) in [6.07, 6.45) is 3.28. The number of nitrogens with one attached hydrogen (secondary N) is 1. The zero-order valence-corrected chi connectivity index (χ0v) is 23.0. The molecule has 0 radical (unpaired) electrons. The van der Waals surface area contributed by atoms with Crippen LogP contribution >= 0.6 is 23.2 Å². The van der Waals surface area contributed by atoms with E-state index in [1.807, 2.05) is 36.4 Å². The molecule has 1 unspecified atom stereocenters. The molecule has 0 aliphatic carbocycles. The minimum absolute atomic E-state index is 0.353. The van der Waals surface area contributed by atoms with Gasteiger partial charge in [0.15, 0.2) is 11.5 Å². The fourth-order valence-corrected chi connectivity index (χ4v) is 5.34. The third-order valence-corrected chi connectivity index (χ3v) is 7.38. The topological polar surface area (TPSA) is 94.5 Å². The summed E-state index contributed by atoms with van der Waals surface area (Å²) in [6, 6.07) is 17.7. The van der Waals surface area contributed by atoms with Crippen LogP contribution in [0.25, 0.3) is 10.9 Å². The lowest BCUT2D eigenvalue weighted by molar-refractivity contribution is 0.135. The van der Waals surface area contributed by atoms with Gasteiger partial charge in [0.2, 0.25) is 0 Å². The van der Waals surface area contributed by atoms with Crippen molar-refractivity contribution < 1.29 is 19.0 Å². The molecule has 1 atom stereocenters. The minimum atomic E-state index is -0.474. The van der Waals surface area contributed by atoms with Crippen molar-refractivity contribution in [1.29, 1.82) is 0 Å². The Kier molecular flexibility index (Phi) is 7.23. The Morgan fingerprint density at radius 2 is 1.88 bits per heavy atom. The summed E-state index contributed by atoms with van der Waals surface area (Å²) >= 11 is 12.4. The summed E-state index contributed by atoms with van der Waals surface area (Å²) in [7, 11) is 1.59. The number of aromatic nitrogens is 4. The van der Waals surface area contributed by atoms with Crippen LogP contribution in [-0.4, -0.2) is 51.0 Å². The van der Waals surface area contributed by atoms with E-state index in [0.29, 0.717) is 53.4 Å². The first kappa shape index (κ1) is 26.0. The third kappa shape index (κ3) is 5.17. The number of ether oxygens (including phenoxy) is 3. The molecule has 3 heterocycles. The van der Waals surface area contributed by atoms with Gasteiger partial charge in [0.1, 0.15) is 31.1 Å². The van der Waals surface area contributed by atoms with E-state index in [2.05, 4.69) is 15.1 Å². The van der Waals surface area contributed by atoms with Crippen molar-refractivity contribution in [3.8, 4) is 17.2 Å². The zero-order chi connectivity index (χ0) is 27.6. The van der Waals surface area contributed by atoms with Gasteiger partial charge in [-0.3, -0.25) is 4.90 Å². The summed E-state index contributed by atoms with van der Waals surface area (Å²) < 4.78 is 19.1. The van der Waals surface area contributed by atoms with Gasteiger partial charge < -0.3 is 19.2 Å². The predicted molar refractivity (Wildman–Crippen MR) is 152 cm³/mol.